The number of pyridine rings is 2. The summed E-state index contributed by atoms with van der Waals surface area (Å²) in [5, 5.41) is 0.285. The van der Waals surface area contributed by atoms with Crippen molar-refractivity contribution in [2.45, 2.75) is 45.4 Å². The Morgan fingerprint density at radius 2 is 1.95 bits per heavy atom. The molecule has 0 aliphatic carbocycles. The maximum absolute atomic E-state index is 16.0. The lowest BCUT2D eigenvalue weighted by Crippen LogP contribution is -2.54. The SMILES string of the molecule is C=CC(=O)N1CCN(c2nc(=O)n(-c3c(C)ccnc3C(C)C)c3nc(-c4c(F)cccc4CS)c(F)cc23)[C@@H](C)C1. The molecule has 42 heavy (non-hydrogen) atoms. The zero-order chi connectivity index (χ0) is 30.3. The van der Waals surface area contributed by atoms with Crippen LogP contribution in [0.4, 0.5) is 14.6 Å². The van der Waals surface area contributed by atoms with Crippen LogP contribution in [0, 0.1) is 18.6 Å². The highest BCUT2D eigenvalue weighted by molar-refractivity contribution is 7.79. The van der Waals surface area contributed by atoms with E-state index in [0.717, 1.165) is 5.56 Å². The van der Waals surface area contributed by atoms with Crippen LogP contribution < -0.4 is 10.6 Å². The maximum atomic E-state index is 16.0. The minimum Gasteiger partial charge on any atom is -0.350 e. The summed E-state index contributed by atoms with van der Waals surface area (Å²) in [6.07, 6.45) is 2.94. The molecule has 0 bridgehead atoms. The average molecular weight is 591 g/mol. The van der Waals surface area contributed by atoms with Gasteiger partial charge in [0.15, 0.2) is 5.65 Å². The number of carbonyl (C=O) groups is 1. The third-order valence-corrected chi connectivity index (χ3v) is 7.96. The molecule has 3 aromatic heterocycles. The van der Waals surface area contributed by atoms with E-state index < -0.39 is 17.3 Å². The number of fused-ring (bicyclic) bond motifs is 1. The molecular formula is C31H32F2N6O2S. The molecule has 0 N–H and O–H groups in total. The van der Waals surface area contributed by atoms with Crippen LogP contribution in [0.3, 0.4) is 0 Å². The van der Waals surface area contributed by atoms with Crippen molar-refractivity contribution in [3.05, 3.63) is 88.1 Å². The summed E-state index contributed by atoms with van der Waals surface area (Å²) >= 11 is 4.32. The second kappa shape index (κ2) is 11.6. The van der Waals surface area contributed by atoms with E-state index in [0.29, 0.717) is 36.6 Å². The van der Waals surface area contributed by atoms with Crippen molar-refractivity contribution in [3.63, 3.8) is 0 Å². The smallest absolute Gasteiger partial charge is 0.350 e. The summed E-state index contributed by atoms with van der Waals surface area (Å²) in [7, 11) is 0. The van der Waals surface area contributed by atoms with Gasteiger partial charge in [-0.1, -0.05) is 32.6 Å². The first-order valence-electron chi connectivity index (χ1n) is 13.7. The third-order valence-electron chi connectivity index (χ3n) is 7.62. The van der Waals surface area contributed by atoms with E-state index in [1.54, 1.807) is 23.2 Å². The lowest BCUT2D eigenvalue weighted by molar-refractivity contribution is -0.126. The number of hydrogen-bond acceptors (Lipinski definition) is 7. The molecule has 4 heterocycles. The van der Waals surface area contributed by atoms with Gasteiger partial charge in [0.1, 0.15) is 23.1 Å². The van der Waals surface area contributed by atoms with Crippen molar-refractivity contribution in [2.75, 3.05) is 24.5 Å². The van der Waals surface area contributed by atoms with Crippen molar-refractivity contribution >= 4 is 35.4 Å². The average Bonchev–Trinajstić information content (AvgIpc) is 2.96. The molecule has 1 saturated heterocycles. The number of aromatic nitrogens is 4. The second-order valence-corrected chi connectivity index (χ2v) is 11.0. The molecule has 1 aliphatic rings. The minimum atomic E-state index is -0.760. The van der Waals surface area contributed by atoms with Crippen LogP contribution in [0.5, 0.6) is 0 Å². The molecule has 8 nitrogen and oxygen atoms in total. The van der Waals surface area contributed by atoms with Gasteiger partial charge in [-0.05, 0) is 55.2 Å². The van der Waals surface area contributed by atoms with Crippen LogP contribution in [0.25, 0.3) is 28.0 Å². The van der Waals surface area contributed by atoms with Crippen LogP contribution in [0.15, 0.2) is 54.0 Å². The first-order valence-corrected chi connectivity index (χ1v) is 14.4. The molecule has 4 aromatic rings. The highest BCUT2D eigenvalue weighted by Gasteiger charge is 2.31. The van der Waals surface area contributed by atoms with E-state index >= 15 is 8.78 Å². The van der Waals surface area contributed by atoms with Crippen molar-refractivity contribution < 1.29 is 13.6 Å². The second-order valence-electron chi connectivity index (χ2n) is 10.7. The van der Waals surface area contributed by atoms with Crippen LogP contribution in [0.2, 0.25) is 0 Å². The van der Waals surface area contributed by atoms with Gasteiger partial charge in [-0.3, -0.25) is 9.78 Å². The van der Waals surface area contributed by atoms with E-state index in [1.807, 2.05) is 32.6 Å². The first-order chi connectivity index (χ1) is 20.1. The maximum Gasteiger partial charge on any atom is 0.355 e. The normalized spacial score (nSPS) is 15.5. The number of thiol groups is 1. The Labute approximate surface area is 248 Å². The van der Waals surface area contributed by atoms with Gasteiger partial charge in [0.2, 0.25) is 5.91 Å². The van der Waals surface area contributed by atoms with Crippen molar-refractivity contribution in [2.24, 2.45) is 0 Å². The molecule has 1 atom stereocenters. The van der Waals surface area contributed by atoms with Crippen LogP contribution in [-0.2, 0) is 10.5 Å². The molecule has 0 unspecified atom stereocenters. The molecule has 1 fully saturated rings. The van der Waals surface area contributed by atoms with Gasteiger partial charge in [0.05, 0.1) is 16.8 Å². The number of piperazine rings is 1. The summed E-state index contributed by atoms with van der Waals surface area (Å²) in [6, 6.07) is 7.24. The zero-order valence-corrected chi connectivity index (χ0v) is 24.8. The molecule has 11 heteroatoms. The summed E-state index contributed by atoms with van der Waals surface area (Å²) in [6.45, 7) is 12.3. The number of benzene rings is 1. The van der Waals surface area contributed by atoms with Crippen molar-refractivity contribution in [1.82, 2.24) is 24.4 Å². The summed E-state index contributed by atoms with van der Waals surface area (Å²) in [5.74, 6) is -1.25. The molecule has 0 radical (unpaired) electrons. The Balaban J connectivity index is 1.84. The van der Waals surface area contributed by atoms with E-state index in [2.05, 4.69) is 34.2 Å². The predicted molar refractivity (Wildman–Crippen MR) is 163 cm³/mol. The molecule has 0 spiro atoms. The summed E-state index contributed by atoms with van der Waals surface area (Å²) in [5.41, 5.74) is 1.63. The highest BCUT2D eigenvalue weighted by atomic mass is 32.1. The molecule has 1 amide bonds. The van der Waals surface area contributed by atoms with Crippen LogP contribution in [0.1, 0.15) is 43.5 Å². The number of nitrogens with zero attached hydrogens (tertiary/aromatic N) is 6. The van der Waals surface area contributed by atoms with E-state index in [4.69, 9.17) is 0 Å². The lowest BCUT2D eigenvalue weighted by atomic mass is 10.0. The molecule has 5 rings (SSSR count). The minimum absolute atomic E-state index is 0.0128. The molecule has 1 aromatic carbocycles. The molecule has 1 aliphatic heterocycles. The summed E-state index contributed by atoms with van der Waals surface area (Å²) < 4.78 is 32.6. The molecule has 0 saturated carbocycles. The quantitative estimate of drug-likeness (QED) is 0.245. The van der Waals surface area contributed by atoms with Gasteiger partial charge in [-0.25, -0.2) is 23.1 Å². The fourth-order valence-corrected chi connectivity index (χ4v) is 5.82. The summed E-state index contributed by atoms with van der Waals surface area (Å²) in [4.78, 5) is 43.5. The Morgan fingerprint density at radius 3 is 2.62 bits per heavy atom. The van der Waals surface area contributed by atoms with Gasteiger partial charge in [0.25, 0.3) is 0 Å². The Kier molecular flexibility index (Phi) is 8.14. The highest BCUT2D eigenvalue weighted by Crippen LogP contribution is 2.35. The van der Waals surface area contributed by atoms with Crippen LogP contribution in [-0.4, -0.2) is 56.0 Å². The third kappa shape index (κ3) is 5.06. The topological polar surface area (TPSA) is 84.2 Å². The van der Waals surface area contributed by atoms with Gasteiger partial charge >= 0.3 is 5.69 Å². The molecule has 218 valence electrons. The number of amides is 1. The Hall–Kier alpha value is -4.12. The van der Waals surface area contributed by atoms with E-state index in [9.17, 15) is 9.59 Å². The number of rotatable bonds is 6. The van der Waals surface area contributed by atoms with Crippen LogP contribution >= 0.6 is 12.6 Å². The monoisotopic (exact) mass is 590 g/mol. The van der Waals surface area contributed by atoms with Gasteiger partial charge in [-0.2, -0.15) is 17.6 Å². The lowest BCUT2D eigenvalue weighted by Gasteiger charge is -2.40. The largest absolute Gasteiger partial charge is 0.355 e. The van der Waals surface area contributed by atoms with Gasteiger partial charge < -0.3 is 9.80 Å². The number of anilines is 1. The number of hydrogen-bond donors (Lipinski definition) is 1. The molecular weight excluding hydrogens is 558 g/mol. The standard InChI is InChI=1S/C31H32F2N6O2S/c1-6-24(40)37-12-13-38(19(5)15-37)29-21-14-23(33)27(25-20(16-42)8-7-9-22(25)32)35-30(21)39(31(41)36-29)28-18(4)10-11-34-26(28)17(2)3/h6-11,14,17,19,42H,1,12-13,15-16H2,2-5H3/t19-/m0/s1. The zero-order valence-electron chi connectivity index (χ0n) is 23.9. The van der Waals surface area contributed by atoms with Gasteiger partial charge in [-0.15, -0.1) is 0 Å². The van der Waals surface area contributed by atoms with Crippen molar-refractivity contribution in [1.29, 1.82) is 0 Å². The van der Waals surface area contributed by atoms with E-state index in [1.165, 1.54) is 28.8 Å². The van der Waals surface area contributed by atoms with E-state index in [-0.39, 0.29) is 51.7 Å². The van der Waals surface area contributed by atoms with Crippen molar-refractivity contribution in [3.8, 4) is 16.9 Å². The number of carbonyl (C=O) groups excluding carboxylic acids is 1. The Morgan fingerprint density at radius 1 is 1.19 bits per heavy atom. The number of aryl methyl sites for hydroxylation is 1. The Bertz CT molecular complexity index is 1770. The fourth-order valence-electron chi connectivity index (χ4n) is 5.55. The first kappa shape index (κ1) is 29.4. The fraction of sp³-hybridized carbons (Fsp3) is 0.323. The predicted octanol–water partition coefficient (Wildman–Crippen LogP) is 5.21. The number of halogens is 2. The van der Waals surface area contributed by atoms with Gasteiger partial charge in [0, 0.05) is 43.2 Å².